The molecular formula is C100H123N31O2. The summed E-state index contributed by atoms with van der Waals surface area (Å²) in [5, 5.41) is 32.6. The van der Waals surface area contributed by atoms with Gasteiger partial charge in [0.1, 0.15) is 89.8 Å². The Hall–Kier alpha value is -14.8. The number of nitrogens with two attached hydrogens (primary N) is 6. The van der Waals surface area contributed by atoms with Crippen molar-refractivity contribution in [3.05, 3.63) is 250 Å². The van der Waals surface area contributed by atoms with Crippen LogP contribution in [-0.4, -0.2) is 153 Å². The summed E-state index contributed by atoms with van der Waals surface area (Å²) in [5.41, 5.74) is 58.6. The first-order valence-corrected chi connectivity index (χ1v) is 45.2. The van der Waals surface area contributed by atoms with Gasteiger partial charge in [-0.3, -0.25) is 22.8 Å². The molecule has 7 aromatic carbocycles. The van der Waals surface area contributed by atoms with Crippen molar-refractivity contribution in [1.29, 1.82) is 0 Å². The van der Waals surface area contributed by atoms with E-state index in [1.54, 1.807) is 19.0 Å². The second-order valence-electron chi connectivity index (χ2n) is 34.5. The van der Waals surface area contributed by atoms with Crippen LogP contribution in [0.5, 0.6) is 0 Å². The lowest BCUT2D eigenvalue weighted by Gasteiger charge is -2.28. The molecule has 19 rings (SSSR count). The summed E-state index contributed by atoms with van der Waals surface area (Å²) < 4.78 is 9.32. The Morgan fingerprint density at radius 3 is 0.977 bits per heavy atom. The molecule has 1 aliphatic heterocycles. The molecule has 1 saturated carbocycles. The Bertz CT molecular complexity index is 6870. The molecule has 0 radical (unpaired) electrons. The van der Waals surface area contributed by atoms with Gasteiger partial charge in [0.2, 0.25) is 29.7 Å². The minimum Gasteiger partial charge on any atom is -0.396 e. The third-order valence-corrected chi connectivity index (χ3v) is 25.0. The van der Waals surface area contributed by atoms with Crippen LogP contribution in [0.15, 0.2) is 183 Å². The number of aliphatic hydroxyl groups is 2. The van der Waals surface area contributed by atoms with Gasteiger partial charge >= 0.3 is 0 Å². The van der Waals surface area contributed by atoms with Gasteiger partial charge in [-0.05, 0) is 261 Å². The number of nitrogen functional groups attached to an aromatic ring is 5. The fraction of sp³-hybridized carbons (Fsp3) is 0.330. The number of hydrogen-bond donors (Lipinski definition) is 12. The number of benzene rings is 7. The van der Waals surface area contributed by atoms with Crippen molar-refractivity contribution in [3.8, 4) is 29.1 Å². The topological polar surface area (TPSA) is 466 Å². The zero-order valence-corrected chi connectivity index (χ0v) is 78.5. The SMILES string of the molecule is CN.Cc1cc2nc(N)n(-c3cc(N4CCCC4)ncn3)c2cc1C.Cc1cc2nc(N)n(-c3cc(NC(CCO)c4ccccc4)ncn3)c2cc1C.Cc1cc2nc(N)n(-c3cc(NC(CO)C(C)C)ncn3)c2cc1C.Cc1cc2nc(N)n(-c3cc(N[C@@H](C)C4CCCCC4)ncn3)c2cc1C.Cc1cc2nc(N)n(-c3cc(N[C@H](C)c4ccccc4)ncn3)c2cc1C. The smallest absolute Gasteiger partial charge is 0.207 e. The van der Waals surface area contributed by atoms with E-state index >= 15 is 0 Å². The zero-order chi connectivity index (χ0) is 94.4. The van der Waals surface area contributed by atoms with E-state index in [-0.39, 0.29) is 37.3 Å². The Morgan fingerprint density at radius 2 is 0.639 bits per heavy atom. The molecule has 0 bridgehead atoms. The van der Waals surface area contributed by atoms with Gasteiger partial charge in [-0.2, -0.15) is 0 Å². The number of fused-ring (bicyclic) bond motifs is 5. The number of nitrogens with one attached hydrogen (secondary N) is 4. The van der Waals surface area contributed by atoms with Crippen molar-refractivity contribution in [2.24, 2.45) is 17.6 Å². The van der Waals surface area contributed by atoms with Crippen molar-refractivity contribution in [1.82, 2.24) is 97.6 Å². The highest BCUT2D eigenvalue weighted by atomic mass is 16.3. The average Bonchev–Trinajstić information content (AvgIpc) is 1.54. The van der Waals surface area contributed by atoms with Crippen LogP contribution in [0, 0.1) is 81.1 Å². The van der Waals surface area contributed by atoms with Gasteiger partial charge in [0, 0.05) is 62.1 Å². The first kappa shape index (κ1) is 94.3. The summed E-state index contributed by atoms with van der Waals surface area (Å²) in [6.07, 6.45) is 17.4. The van der Waals surface area contributed by atoms with Gasteiger partial charge in [0.05, 0.1) is 73.9 Å². The van der Waals surface area contributed by atoms with Gasteiger partial charge in [-0.15, -0.1) is 0 Å². The molecule has 690 valence electrons. The fourth-order valence-electron chi connectivity index (χ4n) is 16.7. The molecule has 1 saturated heterocycles. The van der Waals surface area contributed by atoms with Crippen LogP contribution < -0.4 is 60.6 Å². The maximum Gasteiger partial charge on any atom is 0.207 e. The largest absolute Gasteiger partial charge is 0.396 e. The standard InChI is InChI=1S/C22H24N6O.C21H28N6.C21H22N6.C18H24N6O.C17H20N6.CH5N/c1-14-10-18-19(11-15(14)2)28(22(23)27-18)21-12-20(24-13-25-21)26-17(8-9-29)16-6-4-3-5-7-16;2*1-13-9-17-18(10-14(13)2)27(21(22)26-17)20-11-19(23-12-24-20)25-15(3)16-7-5-4-6-8-16;1-10(2)14(8-25)22-16-7-17(21-9-20-16)24-15-6-12(4)11(3)5-13(15)23-18(24)19;1-11-7-13-14(8-12(11)2)23(17(18)21-13)16-9-15(19-10-20-16)22-5-3-4-6-22;1-2/h3-7,10-13,17,29H,8-9H2,1-2H3,(H2,23,27)(H,24,25,26);9-12,15-16H,4-8H2,1-3H3,(H2,22,26)(H,23,24,25);4-12,15H,1-3H3,(H2,22,26)(H,23,24,25);5-7,9-10,14,25H,8H2,1-4H3,(H2,19,23)(H,20,21,22);7-10H,3-6H2,1-2H3,(H2,18,21);2H2,1H3/t;2*15-;;;/m.01.../s1. The molecule has 0 spiro atoms. The maximum atomic E-state index is 9.51. The van der Waals surface area contributed by atoms with Crippen molar-refractivity contribution in [2.75, 3.05) is 88.2 Å². The molecule has 133 heavy (non-hydrogen) atoms. The summed E-state index contributed by atoms with van der Waals surface area (Å²) in [7, 11) is 1.50. The second-order valence-corrected chi connectivity index (χ2v) is 34.5. The Balaban J connectivity index is 0.000000133. The number of aryl methyl sites for hydroxylation is 10. The van der Waals surface area contributed by atoms with Crippen LogP contribution in [0.25, 0.3) is 84.3 Å². The Kier molecular flexibility index (Phi) is 30.0. The average molecular weight is 1790 g/mol. The van der Waals surface area contributed by atoms with E-state index in [1.165, 1.54) is 120 Å². The highest BCUT2D eigenvalue weighted by Crippen LogP contribution is 2.35. The third kappa shape index (κ3) is 21.8. The number of aliphatic hydroxyl groups excluding tert-OH is 2. The number of rotatable bonds is 21. The van der Waals surface area contributed by atoms with Crippen molar-refractivity contribution < 1.29 is 10.2 Å². The Morgan fingerprint density at radius 1 is 0.338 bits per heavy atom. The van der Waals surface area contributed by atoms with Crippen LogP contribution in [0.4, 0.5) is 58.8 Å². The van der Waals surface area contributed by atoms with Crippen LogP contribution >= 0.6 is 0 Å². The number of hydrogen-bond acceptors (Lipinski definition) is 28. The van der Waals surface area contributed by atoms with Crippen LogP contribution in [0.2, 0.25) is 0 Å². The highest BCUT2D eigenvalue weighted by Gasteiger charge is 2.25. The van der Waals surface area contributed by atoms with E-state index in [9.17, 15) is 10.2 Å². The normalized spacial score (nSPS) is 13.5. The number of anilines is 10. The molecule has 33 nitrogen and oxygen atoms in total. The number of aromatic nitrogens is 20. The minimum atomic E-state index is -0.0791. The fourth-order valence-corrected chi connectivity index (χ4v) is 16.7. The van der Waals surface area contributed by atoms with E-state index in [2.05, 4.69) is 250 Å². The molecule has 10 aromatic heterocycles. The van der Waals surface area contributed by atoms with Crippen LogP contribution in [0.3, 0.4) is 0 Å². The van der Waals surface area contributed by atoms with Gasteiger partial charge < -0.3 is 70.8 Å². The Labute approximate surface area is 775 Å². The van der Waals surface area contributed by atoms with E-state index in [0.29, 0.717) is 77.2 Å². The van der Waals surface area contributed by atoms with E-state index in [4.69, 9.17) is 28.7 Å². The van der Waals surface area contributed by atoms with Crippen molar-refractivity contribution >= 4 is 114 Å². The molecule has 4 atom stereocenters. The van der Waals surface area contributed by atoms with Gasteiger partial charge in [-0.1, -0.05) is 93.8 Å². The molecule has 33 heteroatoms. The van der Waals surface area contributed by atoms with E-state index in [1.807, 2.05) is 128 Å². The summed E-state index contributed by atoms with van der Waals surface area (Å²) >= 11 is 0. The first-order chi connectivity index (χ1) is 64.1. The molecule has 1 aliphatic carbocycles. The zero-order valence-electron chi connectivity index (χ0n) is 78.5. The maximum absolute atomic E-state index is 9.51. The summed E-state index contributed by atoms with van der Waals surface area (Å²) in [6, 6.07) is 50.9. The lowest BCUT2D eigenvalue weighted by molar-refractivity contribution is 0.249. The van der Waals surface area contributed by atoms with E-state index < -0.39 is 0 Å². The molecule has 17 aromatic rings. The molecule has 2 fully saturated rings. The molecule has 2 aliphatic rings. The first-order valence-electron chi connectivity index (χ1n) is 45.2. The summed E-state index contributed by atoms with van der Waals surface area (Å²) in [4.78, 5) is 68.6. The predicted molar refractivity (Wildman–Crippen MR) is 536 cm³/mol. The molecule has 0 amide bonds. The molecule has 18 N–H and O–H groups in total. The second kappa shape index (κ2) is 42.4. The number of nitrogens with zero attached hydrogens (tertiary/aromatic N) is 21. The van der Waals surface area contributed by atoms with Crippen LogP contribution in [-0.2, 0) is 0 Å². The summed E-state index contributed by atoms with van der Waals surface area (Å²) in [6.45, 7) is 31.4. The van der Waals surface area contributed by atoms with E-state index in [0.717, 1.165) is 108 Å². The summed E-state index contributed by atoms with van der Waals surface area (Å²) in [5.74, 6) is 10.4. The number of imidazole rings is 5. The third-order valence-electron chi connectivity index (χ3n) is 25.0. The lowest BCUT2D eigenvalue weighted by atomic mass is 9.84. The van der Waals surface area contributed by atoms with Crippen LogP contribution in [0.1, 0.15) is 158 Å². The van der Waals surface area contributed by atoms with Gasteiger partial charge in [0.15, 0.2) is 0 Å². The monoisotopic (exact) mass is 1790 g/mol. The minimum absolute atomic E-state index is 0.0334. The predicted octanol–water partition coefficient (Wildman–Crippen LogP) is 16.8. The van der Waals surface area contributed by atoms with Crippen molar-refractivity contribution in [2.45, 2.75) is 172 Å². The van der Waals surface area contributed by atoms with Gasteiger partial charge in [-0.25, -0.2) is 74.8 Å². The van der Waals surface area contributed by atoms with Crippen molar-refractivity contribution in [3.63, 3.8) is 0 Å². The lowest BCUT2D eigenvalue weighted by Crippen LogP contribution is -2.29. The quantitative estimate of drug-likeness (QED) is 0.0318. The van der Waals surface area contributed by atoms with Gasteiger partial charge in [0.25, 0.3) is 0 Å². The molecule has 11 heterocycles. The highest BCUT2D eigenvalue weighted by molar-refractivity contribution is 5.86. The molecule has 2 unspecified atom stereocenters. The molecular weight excluding hydrogens is 1670 g/mol.